The summed E-state index contributed by atoms with van der Waals surface area (Å²) in [6, 6.07) is 0. The first kappa shape index (κ1) is 28.6. The van der Waals surface area contributed by atoms with Gasteiger partial charge in [0.25, 0.3) is 0 Å². The minimum Gasteiger partial charge on any atom is -0.394 e. The number of hydrogen-bond donors (Lipinski definition) is 3. The molecule has 0 unspecified atom stereocenters. The van der Waals surface area contributed by atoms with Gasteiger partial charge in [0.15, 0.2) is 0 Å². The second-order valence-electron chi connectivity index (χ2n) is 3.19. The molecule has 132 valence electrons. The van der Waals surface area contributed by atoms with E-state index in [0.717, 1.165) is 26.1 Å². The van der Waals surface area contributed by atoms with Crippen LogP contribution >= 0.6 is 0 Å². The predicted molar refractivity (Wildman–Crippen MR) is 84.6 cm³/mol. The summed E-state index contributed by atoms with van der Waals surface area (Å²) in [6.45, 7) is 13.5. The highest BCUT2D eigenvalue weighted by atomic mass is 32.3. The van der Waals surface area contributed by atoms with Gasteiger partial charge in [-0.05, 0) is 20.3 Å². The van der Waals surface area contributed by atoms with Gasteiger partial charge in [0.1, 0.15) is 0 Å². The van der Waals surface area contributed by atoms with E-state index in [-0.39, 0.29) is 19.8 Å². The van der Waals surface area contributed by atoms with Crippen molar-refractivity contribution in [1.82, 2.24) is 0 Å². The third-order valence-electron chi connectivity index (χ3n) is 1.49. The fourth-order valence-corrected chi connectivity index (χ4v) is 1.05. The molecule has 0 bridgehead atoms. The molecular weight excluding hydrogens is 300 g/mol. The summed E-state index contributed by atoms with van der Waals surface area (Å²) in [6.07, 6.45) is 2.57. The van der Waals surface area contributed by atoms with Crippen molar-refractivity contribution >= 4 is 10.4 Å². The van der Waals surface area contributed by atoms with Crippen LogP contribution in [0.15, 0.2) is 13.2 Å². The predicted octanol–water partition coefficient (Wildman–Crippen LogP) is 1.81. The molecule has 0 heterocycles. The van der Waals surface area contributed by atoms with Crippen LogP contribution in [0.1, 0.15) is 40.0 Å². The van der Waals surface area contributed by atoms with E-state index in [2.05, 4.69) is 17.3 Å². The molecule has 0 saturated heterocycles. The minimum atomic E-state index is -4.20. The molecule has 0 aliphatic rings. The summed E-state index contributed by atoms with van der Waals surface area (Å²) >= 11 is 0. The van der Waals surface area contributed by atoms with E-state index in [1.165, 1.54) is 0 Å². The Morgan fingerprint density at radius 2 is 1.38 bits per heavy atom. The molecule has 0 aliphatic heterocycles. The van der Waals surface area contributed by atoms with E-state index in [1.54, 1.807) is 0 Å². The number of aliphatic hydroxyl groups is 2. The summed E-state index contributed by atoms with van der Waals surface area (Å²) < 4.78 is 36.8. The van der Waals surface area contributed by atoms with Crippen LogP contribution in [-0.2, 0) is 19.3 Å². The highest BCUT2D eigenvalue weighted by Crippen LogP contribution is 1.96. The topological polar surface area (TPSA) is 113 Å². The summed E-state index contributed by atoms with van der Waals surface area (Å²) in [7, 11) is -4.20. The van der Waals surface area contributed by atoms with Crippen molar-refractivity contribution in [2.45, 2.75) is 40.0 Å². The van der Waals surface area contributed by atoms with Crippen LogP contribution in [0.3, 0.4) is 0 Å². The van der Waals surface area contributed by atoms with E-state index >= 15 is 0 Å². The lowest BCUT2D eigenvalue weighted by Crippen LogP contribution is -2.04. The first-order valence-corrected chi connectivity index (χ1v) is 8.17. The Morgan fingerprint density at radius 3 is 1.57 bits per heavy atom. The monoisotopic (exact) mass is 332 g/mol. The van der Waals surface area contributed by atoms with Crippen LogP contribution in [-0.4, -0.2) is 56.2 Å². The number of hydrogen-bond acceptors (Lipinski definition) is 6. The molecule has 21 heavy (non-hydrogen) atoms. The Bertz CT molecular complexity index is 239. The molecule has 0 atom stereocenters. The Kier molecular flexibility index (Phi) is 37.9. The zero-order valence-electron chi connectivity index (χ0n) is 13.5. The summed E-state index contributed by atoms with van der Waals surface area (Å²) in [4.78, 5) is 0. The van der Waals surface area contributed by atoms with E-state index in [9.17, 15) is 8.42 Å². The van der Waals surface area contributed by atoms with Gasteiger partial charge >= 0.3 is 10.4 Å². The molecule has 0 rings (SSSR count). The fourth-order valence-electron chi connectivity index (χ4n) is 0.720. The van der Waals surface area contributed by atoms with Crippen molar-refractivity contribution in [2.24, 2.45) is 0 Å². The average Bonchev–Trinajstić information content (AvgIpc) is 2.47. The molecule has 0 aliphatic carbocycles. The summed E-state index contributed by atoms with van der Waals surface area (Å²) in [5.41, 5.74) is 0. The van der Waals surface area contributed by atoms with E-state index in [0.29, 0.717) is 6.42 Å². The van der Waals surface area contributed by atoms with Crippen LogP contribution in [0.25, 0.3) is 0 Å². The van der Waals surface area contributed by atoms with E-state index in [4.69, 9.17) is 19.5 Å². The Labute approximate surface area is 129 Å². The van der Waals surface area contributed by atoms with Gasteiger partial charge in [-0.1, -0.05) is 19.8 Å². The molecule has 7 nitrogen and oxygen atoms in total. The first-order chi connectivity index (χ1) is 9.89. The van der Waals surface area contributed by atoms with Crippen molar-refractivity contribution in [3.63, 3.8) is 0 Å². The second-order valence-corrected chi connectivity index (χ2v) is 4.28. The maximum atomic E-state index is 9.93. The Morgan fingerprint density at radius 1 is 0.952 bits per heavy atom. The number of aliphatic hydroxyl groups excluding tert-OH is 2. The number of ether oxygens (including phenoxy) is 1. The highest BCUT2D eigenvalue weighted by Gasteiger charge is 2.01. The molecule has 0 spiro atoms. The van der Waals surface area contributed by atoms with Gasteiger partial charge in [-0.3, -0.25) is 4.55 Å². The zero-order chi connectivity index (χ0) is 17.6. The van der Waals surface area contributed by atoms with Gasteiger partial charge in [-0.2, -0.15) is 8.42 Å². The third kappa shape index (κ3) is 66.2. The summed E-state index contributed by atoms with van der Waals surface area (Å²) in [5, 5.41) is 15.2. The van der Waals surface area contributed by atoms with Gasteiger partial charge in [-0.15, -0.1) is 13.2 Å². The molecule has 8 heteroatoms. The molecule has 0 saturated carbocycles. The smallest absolute Gasteiger partial charge is 0.394 e. The molecule has 0 aromatic heterocycles. The van der Waals surface area contributed by atoms with Crippen molar-refractivity contribution in [1.29, 1.82) is 0 Å². The largest absolute Gasteiger partial charge is 0.397 e. The maximum absolute atomic E-state index is 9.93. The minimum absolute atomic E-state index is 0.0761. The van der Waals surface area contributed by atoms with Crippen molar-refractivity contribution < 1.29 is 32.1 Å². The Balaban J connectivity index is -0.000000110. The maximum Gasteiger partial charge on any atom is 0.397 e. The highest BCUT2D eigenvalue weighted by molar-refractivity contribution is 7.80. The van der Waals surface area contributed by atoms with Crippen molar-refractivity contribution in [3.05, 3.63) is 13.2 Å². The van der Waals surface area contributed by atoms with Crippen LogP contribution < -0.4 is 0 Å². The van der Waals surface area contributed by atoms with Gasteiger partial charge in [0.05, 0.1) is 19.8 Å². The Hall–Kier alpha value is -0.510. The molecule has 3 N–H and O–H groups in total. The van der Waals surface area contributed by atoms with Gasteiger partial charge in [-0.25, -0.2) is 4.18 Å². The summed E-state index contributed by atoms with van der Waals surface area (Å²) in [5.74, 6) is 0. The normalized spacial score (nSPS) is 9.24. The second kappa shape index (κ2) is 27.8. The van der Waals surface area contributed by atoms with Crippen LogP contribution in [0.2, 0.25) is 0 Å². The number of rotatable bonds is 8. The molecular formula is C13H32O7S. The quantitative estimate of drug-likeness (QED) is 0.353. The lowest BCUT2D eigenvalue weighted by molar-refractivity contribution is 0.162. The van der Waals surface area contributed by atoms with E-state index in [1.807, 2.05) is 20.8 Å². The van der Waals surface area contributed by atoms with Crippen molar-refractivity contribution in [2.75, 3.05) is 33.0 Å². The van der Waals surface area contributed by atoms with Crippen LogP contribution in [0.5, 0.6) is 0 Å². The van der Waals surface area contributed by atoms with Crippen molar-refractivity contribution in [3.8, 4) is 0 Å². The van der Waals surface area contributed by atoms with Gasteiger partial charge in [0.2, 0.25) is 0 Å². The lowest BCUT2D eigenvalue weighted by Gasteiger charge is -1.96. The van der Waals surface area contributed by atoms with Crippen LogP contribution in [0.4, 0.5) is 0 Å². The molecule has 0 radical (unpaired) electrons. The molecule has 0 aromatic rings. The zero-order valence-corrected chi connectivity index (χ0v) is 14.3. The van der Waals surface area contributed by atoms with Crippen LogP contribution in [0, 0.1) is 0 Å². The standard InChI is InChI=1S/C5H12O4S.C4H10O.C2H6O2.C2H4/c1-2-3-4-5-9-10(6,7)8;1-3-5-4-2;3-1-2-4;1-2/h2-5H2,1H3,(H,6,7,8);3-4H2,1-2H3;3-4H,1-2H2;1-2H2. The molecule has 0 aromatic carbocycles. The number of unbranched alkanes of at least 4 members (excludes halogenated alkanes) is 2. The average molecular weight is 332 g/mol. The SMILES string of the molecule is C=C.CCCCCOS(=O)(=O)O.CCOCC.OCCO. The van der Waals surface area contributed by atoms with E-state index < -0.39 is 10.4 Å². The fraction of sp³-hybridized carbons (Fsp3) is 0.846. The van der Waals surface area contributed by atoms with Gasteiger partial charge < -0.3 is 14.9 Å². The third-order valence-corrected chi connectivity index (χ3v) is 1.95. The molecule has 0 fully saturated rings. The van der Waals surface area contributed by atoms with Gasteiger partial charge in [0, 0.05) is 13.2 Å². The molecule has 0 amide bonds. The lowest BCUT2D eigenvalue weighted by atomic mass is 10.3. The first-order valence-electron chi connectivity index (χ1n) is 6.80.